The molecule has 5 rings (SSSR count). The maximum absolute atomic E-state index is 13.2. The van der Waals surface area contributed by atoms with Crippen LogP contribution in [0.4, 0.5) is 10.5 Å². The molecule has 42 heavy (non-hydrogen) atoms. The van der Waals surface area contributed by atoms with E-state index in [1.165, 1.54) is 18.2 Å². The zero-order valence-electron chi connectivity index (χ0n) is 24.3. The SMILES string of the molecule is C=C(S/C=C(\CCC)C(C)=O)c1cc2nc(C)n(Cc3ccc(Cl)cc3)c(=O)c2cc1N.O=C1OCC2CCCCN12. The molecule has 1 amide bonds. The van der Waals surface area contributed by atoms with Gasteiger partial charge in [-0.15, -0.1) is 0 Å². The molecule has 3 heterocycles. The standard InChI is InChI=1S/C25H26ClN3O2S.C7H11NO2/c1-5-6-19(15(2)30)14-32-16(3)21-12-24-22(11-23(21)27)25(31)29(17(4)28-24)13-18-7-9-20(26)10-8-18;9-7-8-4-2-1-3-6(8)5-10-7/h7-12,14H,3,5-6,13,27H2,1-2,4H3;6H,1-5H2/b19-14+;. The average molecular weight is 609 g/mol. The maximum Gasteiger partial charge on any atom is 0.410 e. The molecule has 2 aliphatic rings. The van der Waals surface area contributed by atoms with Gasteiger partial charge in [-0.1, -0.05) is 55.4 Å². The number of nitrogens with zero attached hydrogens (tertiary/aromatic N) is 3. The number of fused-ring (bicyclic) bond motifs is 2. The second kappa shape index (κ2) is 14.1. The van der Waals surface area contributed by atoms with Crippen molar-refractivity contribution in [2.24, 2.45) is 0 Å². The quantitative estimate of drug-likeness (QED) is 0.218. The summed E-state index contributed by atoms with van der Waals surface area (Å²) in [5.74, 6) is 0.658. The molecule has 2 saturated heterocycles. The smallest absolute Gasteiger partial charge is 0.410 e. The van der Waals surface area contributed by atoms with Crippen LogP contribution >= 0.6 is 23.4 Å². The van der Waals surface area contributed by atoms with E-state index in [4.69, 9.17) is 22.1 Å². The molecule has 1 aromatic heterocycles. The highest BCUT2D eigenvalue weighted by Crippen LogP contribution is 2.34. The van der Waals surface area contributed by atoms with Crippen molar-refractivity contribution in [3.63, 3.8) is 0 Å². The molecule has 0 bridgehead atoms. The average Bonchev–Trinajstić information content (AvgIpc) is 3.35. The maximum atomic E-state index is 13.2. The number of thioether (sulfide) groups is 1. The van der Waals surface area contributed by atoms with Gasteiger partial charge in [-0.05, 0) is 74.8 Å². The number of amides is 1. The van der Waals surface area contributed by atoms with Gasteiger partial charge in [0.1, 0.15) is 12.4 Å². The number of hydrogen-bond donors (Lipinski definition) is 1. The fourth-order valence-electron chi connectivity index (χ4n) is 5.05. The van der Waals surface area contributed by atoms with Crippen molar-refractivity contribution in [2.75, 3.05) is 18.9 Å². The van der Waals surface area contributed by atoms with E-state index < -0.39 is 0 Å². The van der Waals surface area contributed by atoms with Crippen LogP contribution in [-0.4, -0.2) is 45.5 Å². The lowest BCUT2D eigenvalue weighted by Crippen LogP contribution is -2.37. The van der Waals surface area contributed by atoms with Gasteiger partial charge in [0, 0.05) is 33.3 Å². The topological polar surface area (TPSA) is 108 Å². The number of aromatic nitrogens is 2. The van der Waals surface area contributed by atoms with Crippen LogP contribution in [-0.2, 0) is 16.1 Å². The molecule has 1 unspecified atom stereocenters. The number of allylic oxidation sites excluding steroid dienone is 1. The van der Waals surface area contributed by atoms with Gasteiger partial charge in [0.2, 0.25) is 0 Å². The molecule has 2 N–H and O–H groups in total. The van der Waals surface area contributed by atoms with Crippen molar-refractivity contribution in [1.29, 1.82) is 0 Å². The Morgan fingerprint density at radius 1 is 1.24 bits per heavy atom. The molecule has 2 aliphatic heterocycles. The first-order valence-corrected chi connectivity index (χ1v) is 15.4. The van der Waals surface area contributed by atoms with Gasteiger partial charge in [-0.25, -0.2) is 9.78 Å². The lowest BCUT2D eigenvalue weighted by molar-refractivity contribution is -0.113. The molecule has 222 valence electrons. The molecule has 2 fully saturated rings. The van der Waals surface area contributed by atoms with E-state index in [0.717, 1.165) is 43.4 Å². The number of hydrogen-bond acceptors (Lipinski definition) is 7. The Hall–Kier alpha value is -3.56. The Bertz CT molecular complexity index is 1580. The fraction of sp³-hybridized carbons (Fsp3) is 0.375. The largest absolute Gasteiger partial charge is 0.447 e. The van der Waals surface area contributed by atoms with Crippen LogP contribution in [0.1, 0.15) is 62.9 Å². The first-order chi connectivity index (χ1) is 20.1. The van der Waals surface area contributed by atoms with Crippen LogP contribution in [0.3, 0.4) is 0 Å². The molecule has 8 nitrogen and oxygen atoms in total. The summed E-state index contributed by atoms with van der Waals surface area (Å²) in [6.07, 6.45) is 5.03. The zero-order valence-corrected chi connectivity index (χ0v) is 25.9. The third-order valence-corrected chi connectivity index (χ3v) is 8.61. The molecule has 0 spiro atoms. The number of nitrogen functional groups attached to an aromatic ring is 1. The number of carbonyl (C=O) groups excluding carboxylic acids is 2. The van der Waals surface area contributed by atoms with Gasteiger partial charge in [0.05, 0.1) is 23.5 Å². The van der Waals surface area contributed by atoms with Crippen molar-refractivity contribution >= 4 is 56.7 Å². The minimum absolute atomic E-state index is 0.0529. The fourth-order valence-corrected chi connectivity index (χ4v) is 6.05. The number of carbonyl (C=O) groups is 2. The highest BCUT2D eigenvalue weighted by atomic mass is 35.5. The highest BCUT2D eigenvalue weighted by Gasteiger charge is 2.34. The number of piperidine rings is 1. The number of Topliss-reactive ketones (excluding diaryl/α,β-unsaturated/α-hetero) is 1. The molecule has 10 heteroatoms. The van der Waals surface area contributed by atoms with Crippen molar-refractivity contribution in [3.05, 3.63) is 86.3 Å². The monoisotopic (exact) mass is 608 g/mol. The number of anilines is 1. The summed E-state index contributed by atoms with van der Waals surface area (Å²) in [4.78, 5) is 43.1. The van der Waals surface area contributed by atoms with Crippen LogP contribution in [0.2, 0.25) is 5.02 Å². The molecule has 1 atom stereocenters. The number of halogens is 1. The zero-order chi connectivity index (χ0) is 30.4. The normalized spacial score (nSPS) is 16.5. The second-order valence-electron chi connectivity index (χ2n) is 10.5. The van der Waals surface area contributed by atoms with Gasteiger partial charge in [-0.2, -0.15) is 0 Å². The number of benzene rings is 2. The predicted octanol–water partition coefficient (Wildman–Crippen LogP) is 6.96. The molecule has 0 aliphatic carbocycles. The third-order valence-electron chi connectivity index (χ3n) is 7.45. The summed E-state index contributed by atoms with van der Waals surface area (Å²) in [5.41, 5.74) is 9.57. The van der Waals surface area contributed by atoms with Gasteiger partial charge >= 0.3 is 6.09 Å². The van der Waals surface area contributed by atoms with Crippen LogP contribution in [0.15, 0.2) is 58.8 Å². The molecule has 2 aromatic carbocycles. The summed E-state index contributed by atoms with van der Waals surface area (Å²) in [7, 11) is 0. The van der Waals surface area contributed by atoms with Crippen molar-refractivity contribution in [3.8, 4) is 0 Å². The van der Waals surface area contributed by atoms with Crippen molar-refractivity contribution in [2.45, 2.75) is 65.5 Å². The van der Waals surface area contributed by atoms with Gasteiger partial charge < -0.3 is 15.4 Å². The second-order valence-corrected chi connectivity index (χ2v) is 11.9. The number of nitrogens with two attached hydrogens (primary N) is 1. The van der Waals surface area contributed by atoms with Gasteiger partial charge in [0.15, 0.2) is 5.78 Å². The van der Waals surface area contributed by atoms with Gasteiger partial charge in [-0.3, -0.25) is 14.2 Å². The first-order valence-electron chi connectivity index (χ1n) is 14.1. The number of aryl methyl sites for hydroxylation is 1. The first kappa shape index (κ1) is 31.4. The number of rotatable bonds is 8. The Morgan fingerprint density at radius 2 is 1.98 bits per heavy atom. The summed E-state index contributed by atoms with van der Waals surface area (Å²) >= 11 is 7.32. The minimum Gasteiger partial charge on any atom is -0.447 e. The Kier molecular flexibility index (Phi) is 10.5. The van der Waals surface area contributed by atoms with E-state index in [-0.39, 0.29) is 17.4 Å². The summed E-state index contributed by atoms with van der Waals surface area (Å²) in [5, 5.41) is 2.93. The molecular weight excluding hydrogens is 572 g/mol. The minimum atomic E-state index is -0.152. The number of ketones is 1. The van der Waals surface area contributed by atoms with Crippen LogP contribution in [0.25, 0.3) is 15.8 Å². The van der Waals surface area contributed by atoms with E-state index in [2.05, 4.69) is 11.6 Å². The lowest BCUT2D eigenvalue weighted by Gasteiger charge is -2.25. The third kappa shape index (κ3) is 7.44. The van der Waals surface area contributed by atoms with Crippen molar-refractivity contribution < 1.29 is 14.3 Å². The summed E-state index contributed by atoms with van der Waals surface area (Å²) < 4.78 is 6.51. The Balaban J connectivity index is 0.000000337. The lowest BCUT2D eigenvalue weighted by atomic mass is 10.0. The van der Waals surface area contributed by atoms with Gasteiger partial charge in [0.25, 0.3) is 5.56 Å². The van der Waals surface area contributed by atoms with E-state index in [1.54, 1.807) is 35.8 Å². The molecule has 0 saturated carbocycles. The predicted molar refractivity (Wildman–Crippen MR) is 172 cm³/mol. The van der Waals surface area contributed by atoms with E-state index in [1.807, 2.05) is 36.3 Å². The van der Waals surface area contributed by atoms with Crippen molar-refractivity contribution in [1.82, 2.24) is 14.5 Å². The van der Waals surface area contributed by atoms with Crippen LogP contribution in [0.5, 0.6) is 0 Å². The van der Waals surface area contributed by atoms with Crippen LogP contribution in [0, 0.1) is 6.92 Å². The molecule has 0 radical (unpaired) electrons. The number of ether oxygens (including phenoxy) is 1. The Morgan fingerprint density at radius 3 is 2.64 bits per heavy atom. The number of cyclic esters (lactones) is 1. The van der Waals surface area contributed by atoms with E-state index in [9.17, 15) is 14.4 Å². The summed E-state index contributed by atoms with van der Waals surface area (Å²) in [6, 6.07) is 11.2. The molecular formula is C32H37ClN4O4S. The Labute approximate surface area is 255 Å². The molecule has 3 aromatic rings. The van der Waals surface area contributed by atoms with E-state index in [0.29, 0.717) is 57.1 Å². The van der Waals surface area contributed by atoms with E-state index >= 15 is 0 Å². The highest BCUT2D eigenvalue weighted by molar-refractivity contribution is 8.10. The van der Waals surface area contributed by atoms with Crippen LogP contribution < -0.4 is 11.3 Å². The summed E-state index contributed by atoms with van der Waals surface area (Å²) in [6.45, 7) is 11.4.